The fourth-order valence-corrected chi connectivity index (χ4v) is 4.39. The molecule has 0 saturated heterocycles. The SMILES string of the molecule is CC1CCCC(C(O)C2(C#N)CCc3ccccc3C2)C1. The van der Waals surface area contributed by atoms with Crippen molar-refractivity contribution in [2.75, 3.05) is 0 Å². The Morgan fingerprint density at radius 2 is 2.05 bits per heavy atom. The number of nitriles is 1. The van der Waals surface area contributed by atoms with Crippen molar-refractivity contribution >= 4 is 0 Å². The van der Waals surface area contributed by atoms with Crippen LogP contribution in [0.3, 0.4) is 0 Å². The molecule has 0 spiro atoms. The van der Waals surface area contributed by atoms with Crippen molar-refractivity contribution in [1.82, 2.24) is 0 Å². The minimum atomic E-state index is -0.573. The highest BCUT2D eigenvalue weighted by atomic mass is 16.3. The van der Waals surface area contributed by atoms with Crippen LogP contribution >= 0.6 is 0 Å². The second-order valence-electron chi connectivity index (χ2n) is 7.19. The smallest absolute Gasteiger partial charge is 0.0878 e. The van der Waals surface area contributed by atoms with E-state index in [1.54, 1.807) is 0 Å². The van der Waals surface area contributed by atoms with Gasteiger partial charge in [0.25, 0.3) is 0 Å². The summed E-state index contributed by atoms with van der Waals surface area (Å²) in [5.41, 5.74) is 2.04. The van der Waals surface area contributed by atoms with E-state index >= 15 is 0 Å². The molecule has 112 valence electrons. The lowest BCUT2D eigenvalue weighted by Gasteiger charge is -2.42. The van der Waals surface area contributed by atoms with E-state index in [9.17, 15) is 10.4 Å². The molecule has 0 aliphatic heterocycles. The Balaban J connectivity index is 1.83. The monoisotopic (exact) mass is 283 g/mol. The second-order valence-corrected chi connectivity index (χ2v) is 7.19. The van der Waals surface area contributed by atoms with Crippen molar-refractivity contribution < 1.29 is 5.11 Å². The fourth-order valence-electron chi connectivity index (χ4n) is 4.39. The van der Waals surface area contributed by atoms with E-state index in [1.807, 2.05) is 6.07 Å². The lowest BCUT2D eigenvalue weighted by Crippen LogP contribution is -2.44. The Bertz CT molecular complexity index is 547. The lowest BCUT2D eigenvalue weighted by molar-refractivity contribution is -0.0148. The number of aliphatic hydroxyl groups excluding tert-OH is 1. The van der Waals surface area contributed by atoms with E-state index in [1.165, 1.54) is 24.0 Å². The number of hydrogen-bond acceptors (Lipinski definition) is 2. The lowest BCUT2D eigenvalue weighted by atomic mass is 9.63. The predicted molar refractivity (Wildman–Crippen MR) is 83.6 cm³/mol. The topological polar surface area (TPSA) is 44.0 Å². The van der Waals surface area contributed by atoms with Gasteiger partial charge in [0.05, 0.1) is 17.6 Å². The van der Waals surface area contributed by atoms with Crippen LogP contribution in [0.15, 0.2) is 24.3 Å². The van der Waals surface area contributed by atoms with Gasteiger partial charge in [0.1, 0.15) is 0 Å². The van der Waals surface area contributed by atoms with Gasteiger partial charge in [-0.15, -0.1) is 0 Å². The average Bonchev–Trinajstić information content (AvgIpc) is 2.53. The molecule has 2 aliphatic rings. The Hall–Kier alpha value is -1.33. The van der Waals surface area contributed by atoms with Crippen LogP contribution in [0.1, 0.15) is 50.2 Å². The predicted octanol–water partition coefficient (Wildman–Crippen LogP) is 3.87. The summed E-state index contributed by atoms with van der Waals surface area (Å²) < 4.78 is 0. The molecule has 0 aromatic heterocycles. The first-order valence-electron chi connectivity index (χ1n) is 8.31. The number of nitrogens with zero attached hydrogens (tertiary/aromatic N) is 1. The maximum absolute atomic E-state index is 11.0. The molecule has 0 heterocycles. The number of benzene rings is 1. The number of hydrogen-bond donors (Lipinski definition) is 1. The van der Waals surface area contributed by atoms with Crippen molar-refractivity contribution in [1.29, 1.82) is 5.26 Å². The zero-order valence-electron chi connectivity index (χ0n) is 12.9. The summed E-state index contributed by atoms with van der Waals surface area (Å²) in [7, 11) is 0. The number of fused-ring (bicyclic) bond motifs is 1. The highest BCUT2D eigenvalue weighted by Crippen LogP contribution is 2.44. The Kier molecular flexibility index (Phi) is 4.04. The zero-order chi connectivity index (χ0) is 14.9. The third-order valence-electron chi connectivity index (χ3n) is 5.68. The molecule has 21 heavy (non-hydrogen) atoms. The third-order valence-corrected chi connectivity index (χ3v) is 5.68. The molecule has 1 aromatic carbocycles. The standard InChI is InChI=1S/C19H25NO/c1-14-5-4-8-16(11-14)18(21)19(13-20)10-9-15-6-2-3-7-17(15)12-19/h2-3,6-7,14,16,18,21H,4-5,8-12H2,1H3. The van der Waals surface area contributed by atoms with E-state index < -0.39 is 11.5 Å². The van der Waals surface area contributed by atoms with Crippen LogP contribution in [-0.2, 0) is 12.8 Å². The van der Waals surface area contributed by atoms with E-state index in [4.69, 9.17) is 0 Å². The minimum absolute atomic E-state index is 0.304. The largest absolute Gasteiger partial charge is 0.391 e. The third kappa shape index (κ3) is 2.72. The van der Waals surface area contributed by atoms with E-state index in [-0.39, 0.29) is 0 Å². The van der Waals surface area contributed by atoms with Gasteiger partial charge in [-0.25, -0.2) is 0 Å². The van der Waals surface area contributed by atoms with Crippen LogP contribution < -0.4 is 0 Å². The summed E-state index contributed by atoms with van der Waals surface area (Å²) in [6.45, 7) is 2.27. The first-order chi connectivity index (χ1) is 10.1. The van der Waals surface area contributed by atoms with Crippen molar-refractivity contribution in [3.05, 3.63) is 35.4 Å². The summed E-state index contributed by atoms with van der Waals surface area (Å²) in [4.78, 5) is 0. The Morgan fingerprint density at radius 1 is 1.29 bits per heavy atom. The zero-order valence-corrected chi connectivity index (χ0v) is 12.9. The van der Waals surface area contributed by atoms with Crippen molar-refractivity contribution in [3.63, 3.8) is 0 Å². The molecule has 1 saturated carbocycles. The average molecular weight is 283 g/mol. The molecule has 4 unspecified atom stereocenters. The van der Waals surface area contributed by atoms with Crippen LogP contribution in [0, 0.1) is 28.6 Å². The van der Waals surface area contributed by atoms with Crippen molar-refractivity contribution in [3.8, 4) is 6.07 Å². The summed E-state index contributed by atoms with van der Waals surface area (Å²) >= 11 is 0. The first kappa shape index (κ1) is 14.6. The van der Waals surface area contributed by atoms with Gasteiger partial charge in [0, 0.05) is 0 Å². The van der Waals surface area contributed by atoms with Gasteiger partial charge in [-0.2, -0.15) is 5.26 Å². The van der Waals surface area contributed by atoms with Crippen LogP contribution in [-0.4, -0.2) is 11.2 Å². The maximum Gasteiger partial charge on any atom is 0.0878 e. The molecular weight excluding hydrogens is 258 g/mol. The van der Waals surface area contributed by atoms with E-state index in [2.05, 4.69) is 31.2 Å². The van der Waals surface area contributed by atoms with E-state index in [0.29, 0.717) is 18.3 Å². The molecule has 1 fully saturated rings. The maximum atomic E-state index is 11.0. The van der Waals surface area contributed by atoms with Gasteiger partial charge in [0.15, 0.2) is 0 Å². The molecule has 1 aromatic rings. The number of aryl methyl sites for hydroxylation is 1. The number of aliphatic hydroxyl groups is 1. The van der Waals surface area contributed by atoms with Crippen LogP contribution in [0.5, 0.6) is 0 Å². The summed E-state index contributed by atoms with van der Waals surface area (Å²) in [6.07, 6.45) is 6.58. The van der Waals surface area contributed by atoms with Gasteiger partial charge < -0.3 is 5.11 Å². The fraction of sp³-hybridized carbons (Fsp3) is 0.632. The highest BCUT2D eigenvalue weighted by molar-refractivity contribution is 5.33. The first-order valence-corrected chi connectivity index (χ1v) is 8.31. The highest BCUT2D eigenvalue weighted by Gasteiger charge is 2.45. The molecule has 2 nitrogen and oxygen atoms in total. The van der Waals surface area contributed by atoms with Gasteiger partial charge in [0.2, 0.25) is 0 Å². The molecule has 4 atom stereocenters. The van der Waals surface area contributed by atoms with Crippen LogP contribution in [0.4, 0.5) is 0 Å². The Labute approximate surface area is 127 Å². The molecule has 0 bridgehead atoms. The van der Waals surface area contributed by atoms with E-state index in [0.717, 1.165) is 25.7 Å². The van der Waals surface area contributed by atoms with Gasteiger partial charge in [-0.05, 0) is 55.1 Å². The quantitative estimate of drug-likeness (QED) is 0.895. The Morgan fingerprint density at radius 3 is 2.76 bits per heavy atom. The van der Waals surface area contributed by atoms with Gasteiger partial charge in [-0.1, -0.05) is 44.0 Å². The summed E-state index contributed by atoms with van der Waals surface area (Å²) in [5, 5.41) is 20.8. The molecule has 1 N–H and O–H groups in total. The van der Waals surface area contributed by atoms with Gasteiger partial charge >= 0.3 is 0 Å². The molecule has 0 radical (unpaired) electrons. The van der Waals surface area contributed by atoms with Crippen molar-refractivity contribution in [2.24, 2.45) is 17.3 Å². The molecule has 3 rings (SSSR count). The summed E-state index contributed by atoms with van der Waals surface area (Å²) in [6, 6.07) is 10.9. The summed E-state index contributed by atoms with van der Waals surface area (Å²) in [5.74, 6) is 0.990. The van der Waals surface area contributed by atoms with Crippen LogP contribution in [0.25, 0.3) is 0 Å². The minimum Gasteiger partial charge on any atom is -0.391 e. The normalized spacial score (nSPS) is 33.8. The van der Waals surface area contributed by atoms with Crippen LogP contribution in [0.2, 0.25) is 0 Å². The van der Waals surface area contributed by atoms with Gasteiger partial charge in [-0.3, -0.25) is 0 Å². The molecule has 2 aliphatic carbocycles. The second kappa shape index (κ2) is 5.81. The molecular formula is C19H25NO. The number of rotatable bonds is 2. The molecule has 0 amide bonds. The molecule has 2 heteroatoms. The van der Waals surface area contributed by atoms with Crippen molar-refractivity contribution in [2.45, 2.75) is 58.0 Å².